The van der Waals surface area contributed by atoms with E-state index in [0.717, 1.165) is 11.2 Å². The summed E-state index contributed by atoms with van der Waals surface area (Å²) >= 11 is 0. The monoisotopic (exact) mass is 252 g/mol. The van der Waals surface area contributed by atoms with Crippen LogP contribution in [0.25, 0.3) is 16.9 Å². The summed E-state index contributed by atoms with van der Waals surface area (Å²) in [5, 5.41) is 9.22. The molecule has 0 atom stereocenters. The van der Waals surface area contributed by atoms with Crippen molar-refractivity contribution in [2.45, 2.75) is 6.92 Å². The van der Waals surface area contributed by atoms with Gasteiger partial charge in [-0.2, -0.15) is 0 Å². The van der Waals surface area contributed by atoms with Crippen molar-refractivity contribution in [3.8, 4) is 11.3 Å². The number of fused-ring (bicyclic) bond motifs is 1. The van der Waals surface area contributed by atoms with Crippen LogP contribution in [-0.2, 0) is 0 Å². The van der Waals surface area contributed by atoms with Crippen molar-refractivity contribution in [1.82, 2.24) is 9.38 Å². The van der Waals surface area contributed by atoms with Crippen LogP contribution in [0.1, 0.15) is 15.9 Å². The number of hydrogen-bond donors (Lipinski definition) is 1. The molecule has 0 amide bonds. The van der Waals surface area contributed by atoms with Crippen molar-refractivity contribution in [1.29, 1.82) is 0 Å². The summed E-state index contributed by atoms with van der Waals surface area (Å²) in [7, 11) is 0. The lowest BCUT2D eigenvalue weighted by molar-refractivity contribution is 0.0697. The molecular weight excluding hydrogens is 240 g/mol. The Hall–Kier alpha value is -2.62. The first-order valence-electron chi connectivity index (χ1n) is 5.94. The minimum atomic E-state index is -0.940. The number of benzene rings is 1. The van der Waals surface area contributed by atoms with Gasteiger partial charge in [0, 0.05) is 18.0 Å². The molecule has 0 fully saturated rings. The standard InChI is InChI=1S/C15H12N2O2/c1-10-5-4-8-17-9-13(16-14(10)17)11-6-2-3-7-12(11)15(18)19/h2-9H,1H3,(H,18,19). The van der Waals surface area contributed by atoms with Gasteiger partial charge in [0.2, 0.25) is 0 Å². The molecule has 2 heterocycles. The van der Waals surface area contributed by atoms with E-state index in [1.165, 1.54) is 0 Å². The summed E-state index contributed by atoms with van der Waals surface area (Å²) in [6.07, 6.45) is 3.76. The van der Waals surface area contributed by atoms with Crippen LogP contribution in [0.4, 0.5) is 0 Å². The molecule has 0 aliphatic heterocycles. The van der Waals surface area contributed by atoms with Gasteiger partial charge < -0.3 is 9.51 Å². The zero-order valence-corrected chi connectivity index (χ0v) is 10.4. The number of pyridine rings is 1. The fraction of sp³-hybridized carbons (Fsp3) is 0.0667. The topological polar surface area (TPSA) is 54.6 Å². The van der Waals surface area contributed by atoms with Crippen LogP contribution in [0, 0.1) is 6.92 Å². The molecular formula is C15H12N2O2. The second-order valence-electron chi connectivity index (χ2n) is 4.40. The highest BCUT2D eigenvalue weighted by Gasteiger charge is 2.13. The van der Waals surface area contributed by atoms with Gasteiger partial charge in [0.1, 0.15) is 5.65 Å². The fourth-order valence-electron chi connectivity index (χ4n) is 2.18. The second kappa shape index (κ2) is 4.24. The van der Waals surface area contributed by atoms with E-state index in [0.29, 0.717) is 11.3 Å². The highest BCUT2D eigenvalue weighted by atomic mass is 16.4. The molecule has 1 N–H and O–H groups in total. The van der Waals surface area contributed by atoms with Crippen LogP contribution >= 0.6 is 0 Å². The quantitative estimate of drug-likeness (QED) is 0.762. The summed E-state index contributed by atoms with van der Waals surface area (Å²) < 4.78 is 1.91. The average molecular weight is 252 g/mol. The van der Waals surface area contributed by atoms with E-state index in [4.69, 9.17) is 0 Å². The van der Waals surface area contributed by atoms with Gasteiger partial charge in [0.05, 0.1) is 11.3 Å². The van der Waals surface area contributed by atoms with E-state index in [9.17, 15) is 9.90 Å². The van der Waals surface area contributed by atoms with Crippen molar-refractivity contribution >= 4 is 11.6 Å². The van der Waals surface area contributed by atoms with Gasteiger partial charge in [-0.15, -0.1) is 0 Å². The summed E-state index contributed by atoms with van der Waals surface area (Å²) in [6, 6.07) is 10.8. The van der Waals surface area contributed by atoms with E-state index < -0.39 is 5.97 Å². The summed E-state index contributed by atoms with van der Waals surface area (Å²) in [4.78, 5) is 15.8. The molecule has 2 aromatic heterocycles. The van der Waals surface area contributed by atoms with Crippen molar-refractivity contribution < 1.29 is 9.90 Å². The lowest BCUT2D eigenvalue weighted by atomic mass is 10.1. The predicted octanol–water partition coefficient (Wildman–Crippen LogP) is 3.01. The Balaban J connectivity index is 2.25. The van der Waals surface area contributed by atoms with E-state index in [-0.39, 0.29) is 5.56 Å². The van der Waals surface area contributed by atoms with Crippen LogP contribution in [0.5, 0.6) is 0 Å². The number of aromatic carboxylic acids is 1. The number of imidazole rings is 1. The Morgan fingerprint density at radius 3 is 2.74 bits per heavy atom. The Morgan fingerprint density at radius 2 is 2.00 bits per heavy atom. The van der Waals surface area contributed by atoms with E-state index >= 15 is 0 Å². The fourth-order valence-corrected chi connectivity index (χ4v) is 2.18. The zero-order valence-electron chi connectivity index (χ0n) is 10.4. The van der Waals surface area contributed by atoms with E-state index in [2.05, 4.69) is 4.98 Å². The number of carboxylic acids is 1. The number of carboxylic acid groups (broad SMARTS) is 1. The molecule has 94 valence electrons. The normalized spacial score (nSPS) is 10.8. The summed E-state index contributed by atoms with van der Waals surface area (Å²) in [5.74, 6) is -0.940. The van der Waals surface area contributed by atoms with Crippen molar-refractivity contribution in [3.63, 3.8) is 0 Å². The SMILES string of the molecule is Cc1cccn2cc(-c3ccccc3C(=O)O)nc12. The summed E-state index contributed by atoms with van der Waals surface area (Å²) in [5.41, 5.74) is 3.48. The van der Waals surface area contributed by atoms with Gasteiger partial charge in [-0.3, -0.25) is 0 Å². The van der Waals surface area contributed by atoms with E-state index in [1.807, 2.05) is 41.9 Å². The molecule has 3 rings (SSSR count). The van der Waals surface area contributed by atoms with Crippen LogP contribution in [0.2, 0.25) is 0 Å². The van der Waals surface area contributed by atoms with E-state index in [1.54, 1.807) is 18.2 Å². The van der Waals surface area contributed by atoms with Crippen LogP contribution in [0.15, 0.2) is 48.8 Å². The van der Waals surface area contributed by atoms with Crippen molar-refractivity contribution in [2.24, 2.45) is 0 Å². The molecule has 0 aliphatic carbocycles. The number of rotatable bonds is 2. The first kappa shape index (κ1) is 11.5. The maximum Gasteiger partial charge on any atom is 0.336 e. The largest absolute Gasteiger partial charge is 0.478 e. The molecule has 1 aromatic carbocycles. The highest BCUT2D eigenvalue weighted by molar-refractivity contribution is 5.95. The number of aryl methyl sites for hydroxylation is 1. The molecule has 0 saturated heterocycles. The molecule has 0 saturated carbocycles. The van der Waals surface area contributed by atoms with Crippen LogP contribution in [-0.4, -0.2) is 20.5 Å². The van der Waals surface area contributed by atoms with Gasteiger partial charge in [0.15, 0.2) is 0 Å². The third kappa shape index (κ3) is 1.87. The van der Waals surface area contributed by atoms with Crippen molar-refractivity contribution in [3.05, 3.63) is 59.9 Å². The lowest BCUT2D eigenvalue weighted by Crippen LogP contribution is -1.98. The predicted molar refractivity (Wildman–Crippen MR) is 72.3 cm³/mol. The van der Waals surface area contributed by atoms with Gasteiger partial charge in [0.25, 0.3) is 0 Å². The molecule has 0 radical (unpaired) electrons. The average Bonchev–Trinajstić information content (AvgIpc) is 2.84. The third-order valence-electron chi connectivity index (χ3n) is 3.11. The lowest BCUT2D eigenvalue weighted by Gasteiger charge is -2.01. The first-order valence-corrected chi connectivity index (χ1v) is 5.94. The van der Waals surface area contributed by atoms with Crippen LogP contribution < -0.4 is 0 Å². The Bertz CT molecular complexity index is 775. The number of aromatic nitrogens is 2. The first-order chi connectivity index (χ1) is 9.16. The molecule has 0 spiro atoms. The molecule has 4 heteroatoms. The third-order valence-corrected chi connectivity index (χ3v) is 3.11. The summed E-state index contributed by atoms with van der Waals surface area (Å²) in [6.45, 7) is 1.98. The molecule has 0 bridgehead atoms. The minimum Gasteiger partial charge on any atom is -0.478 e. The van der Waals surface area contributed by atoms with Crippen LogP contribution in [0.3, 0.4) is 0 Å². The molecule has 4 nitrogen and oxygen atoms in total. The Morgan fingerprint density at radius 1 is 1.21 bits per heavy atom. The number of carbonyl (C=O) groups is 1. The maximum absolute atomic E-state index is 11.2. The smallest absolute Gasteiger partial charge is 0.336 e. The second-order valence-corrected chi connectivity index (χ2v) is 4.40. The van der Waals surface area contributed by atoms with Gasteiger partial charge in [-0.25, -0.2) is 9.78 Å². The zero-order chi connectivity index (χ0) is 13.4. The number of hydrogen-bond acceptors (Lipinski definition) is 2. The maximum atomic E-state index is 11.2. The molecule has 0 aliphatic rings. The molecule has 19 heavy (non-hydrogen) atoms. The van der Waals surface area contributed by atoms with Gasteiger partial charge >= 0.3 is 5.97 Å². The van der Waals surface area contributed by atoms with Crippen molar-refractivity contribution in [2.75, 3.05) is 0 Å². The number of nitrogens with zero attached hydrogens (tertiary/aromatic N) is 2. The molecule has 3 aromatic rings. The van der Waals surface area contributed by atoms with Gasteiger partial charge in [-0.05, 0) is 24.6 Å². The van der Waals surface area contributed by atoms with Gasteiger partial charge in [-0.1, -0.05) is 24.3 Å². The molecule has 0 unspecified atom stereocenters. The Labute approximate surface area is 110 Å². The highest BCUT2D eigenvalue weighted by Crippen LogP contribution is 2.24. The minimum absolute atomic E-state index is 0.267. The Kier molecular flexibility index (Phi) is 2.56.